The first-order valence-corrected chi connectivity index (χ1v) is 10.0. The number of amides is 3. The fraction of sp³-hybridized carbons (Fsp3) is 0.526. The van der Waals surface area contributed by atoms with Gasteiger partial charge in [0.15, 0.2) is 5.11 Å². The van der Waals surface area contributed by atoms with E-state index >= 15 is 0 Å². The van der Waals surface area contributed by atoms with Crippen molar-refractivity contribution in [2.45, 2.75) is 45.2 Å². The van der Waals surface area contributed by atoms with Crippen molar-refractivity contribution < 1.29 is 9.59 Å². The van der Waals surface area contributed by atoms with Gasteiger partial charge >= 0.3 is 6.03 Å². The van der Waals surface area contributed by atoms with Crippen LogP contribution in [0.15, 0.2) is 24.3 Å². The van der Waals surface area contributed by atoms with Crippen LogP contribution in [0.4, 0.5) is 10.5 Å². The van der Waals surface area contributed by atoms with Crippen LogP contribution in [0.2, 0.25) is 5.02 Å². The first-order chi connectivity index (χ1) is 12.8. The Kier molecular flexibility index (Phi) is 5.63. The van der Waals surface area contributed by atoms with E-state index in [1.165, 1.54) is 0 Å². The van der Waals surface area contributed by atoms with Gasteiger partial charge in [0.05, 0.1) is 5.69 Å². The number of hydrogen-bond acceptors (Lipinski definition) is 3. The molecule has 2 saturated heterocycles. The number of benzene rings is 1. The van der Waals surface area contributed by atoms with Crippen molar-refractivity contribution in [3.63, 3.8) is 0 Å². The van der Waals surface area contributed by atoms with Gasteiger partial charge < -0.3 is 15.1 Å². The molecule has 2 fully saturated rings. The summed E-state index contributed by atoms with van der Waals surface area (Å²) in [5.41, 5.74) is -0.0504. The van der Waals surface area contributed by atoms with Crippen LogP contribution in [0, 0.1) is 0 Å². The summed E-state index contributed by atoms with van der Waals surface area (Å²) in [5.74, 6) is -0.0547. The van der Waals surface area contributed by atoms with E-state index in [9.17, 15) is 9.59 Å². The number of carbonyl (C=O) groups excluding carboxylic acids is 2. The number of anilines is 1. The lowest BCUT2D eigenvalue weighted by Gasteiger charge is -2.41. The molecular formula is C19H25ClN4O2S. The maximum atomic E-state index is 13.1. The highest BCUT2D eigenvalue weighted by molar-refractivity contribution is 7.80. The van der Waals surface area contributed by atoms with Crippen molar-refractivity contribution in [1.82, 2.24) is 15.1 Å². The van der Waals surface area contributed by atoms with E-state index in [0.717, 1.165) is 12.8 Å². The second kappa shape index (κ2) is 7.64. The van der Waals surface area contributed by atoms with Crippen LogP contribution in [0.5, 0.6) is 0 Å². The van der Waals surface area contributed by atoms with Gasteiger partial charge in [0, 0.05) is 30.7 Å². The molecule has 0 bridgehead atoms. The number of rotatable bonds is 3. The average Bonchev–Trinajstić information content (AvgIpc) is 2.80. The van der Waals surface area contributed by atoms with Crippen LogP contribution >= 0.6 is 23.8 Å². The Morgan fingerprint density at radius 3 is 2.59 bits per heavy atom. The lowest BCUT2D eigenvalue weighted by Crippen LogP contribution is -2.55. The predicted octanol–water partition coefficient (Wildman–Crippen LogP) is 3.25. The summed E-state index contributed by atoms with van der Waals surface area (Å²) in [7, 11) is 0. The number of nitrogens with zero attached hydrogens (tertiary/aromatic N) is 3. The summed E-state index contributed by atoms with van der Waals surface area (Å²) in [6.45, 7) is 7.63. The number of piperidine rings is 1. The molecule has 0 spiro atoms. The number of nitrogens with one attached hydrogen (secondary N) is 1. The van der Waals surface area contributed by atoms with Gasteiger partial charge in [-0.15, -0.1) is 0 Å². The molecule has 0 atom stereocenters. The van der Waals surface area contributed by atoms with Gasteiger partial charge in [-0.25, -0.2) is 4.79 Å². The lowest BCUT2D eigenvalue weighted by atomic mass is 9.96. The van der Waals surface area contributed by atoms with Crippen LogP contribution in [0.25, 0.3) is 0 Å². The van der Waals surface area contributed by atoms with E-state index in [1.54, 1.807) is 17.0 Å². The highest BCUT2D eigenvalue weighted by Crippen LogP contribution is 2.36. The van der Waals surface area contributed by atoms with Gasteiger partial charge in [0.1, 0.15) is 5.54 Å². The highest BCUT2D eigenvalue weighted by atomic mass is 35.5. The van der Waals surface area contributed by atoms with Crippen molar-refractivity contribution in [3.05, 3.63) is 29.3 Å². The Hall–Kier alpha value is -1.86. The topological polar surface area (TPSA) is 55.9 Å². The Bertz CT molecular complexity index is 762. The zero-order valence-corrected chi connectivity index (χ0v) is 17.4. The smallest absolute Gasteiger partial charge is 0.317 e. The van der Waals surface area contributed by atoms with Crippen LogP contribution in [-0.4, -0.2) is 58.1 Å². The largest absolute Gasteiger partial charge is 0.338 e. The molecular weight excluding hydrogens is 384 g/mol. The monoisotopic (exact) mass is 408 g/mol. The molecule has 2 heterocycles. The van der Waals surface area contributed by atoms with Crippen LogP contribution in [0.1, 0.15) is 33.6 Å². The molecule has 6 nitrogen and oxygen atoms in total. The van der Waals surface area contributed by atoms with Crippen LogP contribution < -0.4 is 10.2 Å². The molecule has 1 aromatic rings. The number of thiocarbonyl (C=S) groups is 1. The van der Waals surface area contributed by atoms with Gasteiger partial charge in [-0.3, -0.25) is 9.69 Å². The molecule has 146 valence electrons. The first-order valence-electron chi connectivity index (χ1n) is 9.23. The summed E-state index contributed by atoms with van der Waals surface area (Å²) in [4.78, 5) is 30.6. The van der Waals surface area contributed by atoms with E-state index in [0.29, 0.717) is 35.5 Å². The van der Waals surface area contributed by atoms with Crippen molar-refractivity contribution in [3.8, 4) is 0 Å². The highest BCUT2D eigenvalue weighted by Gasteiger charge is 2.52. The molecule has 1 N–H and O–H groups in total. The molecule has 3 amide bonds. The zero-order chi connectivity index (χ0) is 19.8. The normalized spacial score (nSPS) is 20.4. The van der Waals surface area contributed by atoms with Gasteiger partial charge in [0.25, 0.3) is 5.91 Å². The van der Waals surface area contributed by atoms with Gasteiger partial charge in [-0.2, -0.15) is 0 Å². The van der Waals surface area contributed by atoms with Crippen molar-refractivity contribution in [2.75, 3.05) is 24.5 Å². The Labute approximate surface area is 170 Å². The molecule has 0 aromatic heterocycles. The van der Waals surface area contributed by atoms with Gasteiger partial charge in [-0.05, 0) is 64.0 Å². The van der Waals surface area contributed by atoms with Crippen LogP contribution in [0.3, 0.4) is 0 Å². The second-order valence-corrected chi connectivity index (χ2v) is 8.19. The van der Waals surface area contributed by atoms with E-state index in [4.69, 9.17) is 23.8 Å². The molecule has 3 rings (SSSR count). The molecule has 1 aromatic carbocycles. The van der Waals surface area contributed by atoms with Crippen molar-refractivity contribution in [2.24, 2.45) is 0 Å². The third-order valence-corrected chi connectivity index (χ3v) is 5.85. The fourth-order valence-corrected chi connectivity index (χ4v) is 4.61. The quantitative estimate of drug-likeness (QED) is 0.780. The molecule has 0 aliphatic carbocycles. The zero-order valence-electron chi connectivity index (χ0n) is 15.9. The second-order valence-electron chi connectivity index (χ2n) is 7.39. The maximum absolute atomic E-state index is 13.1. The van der Waals surface area contributed by atoms with E-state index in [1.807, 2.05) is 42.7 Å². The minimum atomic E-state index is -0.738. The summed E-state index contributed by atoms with van der Waals surface area (Å²) < 4.78 is 0. The van der Waals surface area contributed by atoms with Crippen molar-refractivity contribution in [1.29, 1.82) is 0 Å². The minimum Gasteiger partial charge on any atom is -0.338 e. The number of halogens is 1. The molecule has 2 aliphatic heterocycles. The van der Waals surface area contributed by atoms with Gasteiger partial charge in [-0.1, -0.05) is 17.7 Å². The third-order valence-electron chi connectivity index (χ3n) is 5.24. The number of carbonyl (C=O) groups is 2. The minimum absolute atomic E-state index is 0.0316. The Morgan fingerprint density at radius 1 is 1.33 bits per heavy atom. The van der Waals surface area contributed by atoms with E-state index in [2.05, 4.69) is 5.32 Å². The molecule has 0 saturated carbocycles. The summed E-state index contributed by atoms with van der Waals surface area (Å²) in [5, 5.41) is 3.91. The van der Waals surface area contributed by atoms with Gasteiger partial charge in [0.2, 0.25) is 0 Å². The van der Waals surface area contributed by atoms with E-state index < -0.39 is 5.54 Å². The van der Waals surface area contributed by atoms with Crippen LogP contribution in [-0.2, 0) is 4.79 Å². The summed E-state index contributed by atoms with van der Waals surface area (Å²) in [6.07, 6.45) is 1.55. The standard InChI is InChI=1S/C19H25ClN4O2S/c1-4-21-17(26)22-10-8-14(9-11-22)24-18(27)23(16(25)19(24,2)3)15-7-5-6-13(20)12-15/h5-7,12,14H,4,8-11H2,1-3H3,(H,21,26). The van der Waals surface area contributed by atoms with E-state index in [-0.39, 0.29) is 18.0 Å². The first kappa shape index (κ1) is 19.9. The molecule has 0 unspecified atom stereocenters. The third kappa shape index (κ3) is 3.62. The SMILES string of the molecule is CCNC(=O)N1CCC(N2C(=S)N(c3cccc(Cl)c3)C(=O)C2(C)C)CC1. The fourth-order valence-electron chi connectivity index (χ4n) is 3.86. The summed E-state index contributed by atoms with van der Waals surface area (Å²) in [6, 6.07) is 7.26. The van der Waals surface area contributed by atoms with Crippen molar-refractivity contribution >= 4 is 46.6 Å². The Morgan fingerprint density at radius 2 is 2.00 bits per heavy atom. The predicted molar refractivity (Wildman–Crippen MR) is 111 cm³/mol. The summed E-state index contributed by atoms with van der Waals surface area (Å²) >= 11 is 11.8. The average molecular weight is 409 g/mol. The molecule has 2 aliphatic rings. The Balaban J connectivity index is 1.79. The molecule has 27 heavy (non-hydrogen) atoms. The number of likely N-dealkylation sites (tertiary alicyclic amines) is 1. The number of urea groups is 1. The number of hydrogen-bond donors (Lipinski definition) is 1. The maximum Gasteiger partial charge on any atom is 0.317 e. The molecule has 0 radical (unpaired) electrons. The lowest BCUT2D eigenvalue weighted by molar-refractivity contribution is -0.124. The molecule has 8 heteroatoms.